The average Bonchev–Trinajstić information content (AvgIpc) is 3.03. The van der Waals surface area contributed by atoms with Crippen molar-refractivity contribution in [1.29, 1.82) is 0 Å². The Morgan fingerprint density at radius 3 is 2.58 bits per heavy atom. The van der Waals surface area contributed by atoms with E-state index >= 15 is 0 Å². The largest absolute Gasteiger partial charge is 0.497 e. The third-order valence-corrected chi connectivity index (χ3v) is 4.68. The van der Waals surface area contributed by atoms with E-state index in [9.17, 15) is 9.59 Å². The SMILES string of the molecule is CCn1c(SCC(N)=O)nnc1[C@H](C)NC(=O)Cc1ccc(OC)cc1. The Morgan fingerprint density at radius 2 is 2.00 bits per heavy atom. The van der Waals surface area contributed by atoms with Crippen molar-refractivity contribution < 1.29 is 14.3 Å². The van der Waals surface area contributed by atoms with E-state index in [0.29, 0.717) is 17.5 Å². The van der Waals surface area contributed by atoms with E-state index in [0.717, 1.165) is 11.3 Å². The third kappa shape index (κ3) is 5.22. The number of nitrogens with one attached hydrogen (secondary N) is 1. The number of amides is 2. The number of hydrogen-bond acceptors (Lipinski definition) is 6. The molecule has 0 saturated carbocycles. The molecular weight excluding hydrogens is 354 g/mol. The van der Waals surface area contributed by atoms with Crippen LogP contribution in [0.4, 0.5) is 0 Å². The molecule has 0 aliphatic carbocycles. The number of carbonyl (C=O) groups excluding carboxylic acids is 2. The van der Waals surface area contributed by atoms with Crippen LogP contribution < -0.4 is 15.8 Å². The van der Waals surface area contributed by atoms with Crippen molar-refractivity contribution in [1.82, 2.24) is 20.1 Å². The van der Waals surface area contributed by atoms with Crippen molar-refractivity contribution in [2.75, 3.05) is 12.9 Å². The smallest absolute Gasteiger partial charge is 0.227 e. The topological polar surface area (TPSA) is 112 Å². The van der Waals surface area contributed by atoms with Gasteiger partial charge in [-0.2, -0.15) is 0 Å². The summed E-state index contributed by atoms with van der Waals surface area (Å²) >= 11 is 1.23. The van der Waals surface area contributed by atoms with Crippen molar-refractivity contribution in [2.45, 2.75) is 38.0 Å². The summed E-state index contributed by atoms with van der Waals surface area (Å²) in [5.41, 5.74) is 6.07. The number of methoxy groups -OCH3 is 1. The predicted octanol–water partition coefficient (Wildman–Crippen LogP) is 1.30. The molecule has 0 bridgehead atoms. The number of hydrogen-bond donors (Lipinski definition) is 2. The van der Waals surface area contributed by atoms with E-state index in [1.807, 2.05) is 42.7 Å². The fourth-order valence-electron chi connectivity index (χ4n) is 2.45. The maximum Gasteiger partial charge on any atom is 0.227 e. The van der Waals surface area contributed by atoms with Gasteiger partial charge in [0.15, 0.2) is 11.0 Å². The summed E-state index contributed by atoms with van der Waals surface area (Å²) in [6.07, 6.45) is 0.262. The molecular formula is C17H23N5O3S. The number of nitrogens with two attached hydrogens (primary N) is 1. The van der Waals surface area contributed by atoms with E-state index in [1.54, 1.807) is 7.11 Å². The van der Waals surface area contributed by atoms with Gasteiger partial charge in [-0.25, -0.2) is 0 Å². The van der Waals surface area contributed by atoms with Crippen LogP contribution in [0.25, 0.3) is 0 Å². The van der Waals surface area contributed by atoms with Crippen LogP contribution in [0, 0.1) is 0 Å². The molecule has 1 atom stereocenters. The molecule has 0 fully saturated rings. The van der Waals surface area contributed by atoms with Crippen LogP contribution in [-0.4, -0.2) is 39.4 Å². The Morgan fingerprint density at radius 1 is 1.31 bits per heavy atom. The number of ether oxygens (including phenoxy) is 1. The molecule has 1 heterocycles. The fourth-order valence-corrected chi connectivity index (χ4v) is 3.19. The van der Waals surface area contributed by atoms with Gasteiger partial charge in [-0.3, -0.25) is 9.59 Å². The van der Waals surface area contributed by atoms with Gasteiger partial charge in [-0.05, 0) is 31.5 Å². The quantitative estimate of drug-likeness (QED) is 0.637. The highest BCUT2D eigenvalue weighted by Crippen LogP contribution is 2.20. The van der Waals surface area contributed by atoms with Gasteiger partial charge in [0, 0.05) is 6.54 Å². The van der Waals surface area contributed by atoms with E-state index < -0.39 is 5.91 Å². The van der Waals surface area contributed by atoms with Crippen LogP contribution in [0.2, 0.25) is 0 Å². The number of nitrogens with zero attached hydrogens (tertiary/aromatic N) is 3. The maximum absolute atomic E-state index is 12.3. The molecule has 0 saturated heterocycles. The number of benzene rings is 1. The maximum atomic E-state index is 12.3. The first-order valence-electron chi connectivity index (χ1n) is 8.21. The molecule has 1 aromatic carbocycles. The van der Waals surface area contributed by atoms with E-state index in [1.165, 1.54) is 11.8 Å². The minimum atomic E-state index is -0.414. The van der Waals surface area contributed by atoms with E-state index in [-0.39, 0.29) is 24.1 Å². The molecule has 2 amide bonds. The minimum absolute atomic E-state index is 0.111. The Labute approximate surface area is 156 Å². The van der Waals surface area contributed by atoms with Crippen molar-refractivity contribution in [3.05, 3.63) is 35.7 Å². The normalized spacial score (nSPS) is 11.8. The van der Waals surface area contributed by atoms with Crippen LogP contribution in [-0.2, 0) is 22.6 Å². The molecule has 3 N–H and O–H groups in total. The van der Waals surface area contributed by atoms with Gasteiger partial charge in [-0.1, -0.05) is 23.9 Å². The van der Waals surface area contributed by atoms with Crippen LogP contribution in [0.15, 0.2) is 29.4 Å². The lowest BCUT2D eigenvalue weighted by Crippen LogP contribution is -2.30. The average molecular weight is 377 g/mol. The standard InChI is InChI=1S/C17H23N5O3S/c1-4-22-16(20-21-17(22)26-10-14(18)23)11(2)19-15(24)9-12-5-7-13(25-3)8-6-12/h5-8,11H,4,9-10H2,1-3H3,(H2,18,23)(H,19,24)/t11-/m0/s1. The van der Waals surface area contributed by atoms with Crippen LogP contribution in [0.5, 0.6) is 5.75 Å². The van der Waals surface area contributed by atoms with Gasteiger partial charge in [0.2, 0.25) is 11.8 Å². The molecule has 1 aromatic heterocycles. The molecule has 2 rings (SSSR count). The summed E-state index contributed by atoms with van der Waals surface area (Å²) in [4.78, 5) is 23.3. The molecule has 0 unspecified atom stereocenters. The summed E-state index contributed by atoms with van der Waals surface area (Å²) < 4.78 is 6.98. The van der Waals surface area contributed by atoms with Crippen molar-refractivity contribution in [3.63, 3.8) is 0 Å². The first kappa shape index (κ1) is 19.8. The first-order chi connectivity index (χ1) is 12.4. The Hall–Kier alpha value is -2.55. The zero-order valence-electron chi connectivity index (χ0n) is 15.1. The van der Waals surface area contributed by atoms with Crippen molar-refractivity contribution >= 4 is 23.6 Å². The Bertz CT molecular complexity index is 760. The van der Waals surface area contributed by atoms with Crippen LogP contribution >= 0.6 is 11.8 Å². The van der Waals surface area contributed by atoms with E-state index in [2.05, 4.69) is 15.5 Å². The third-order valence-electron chi connectivity index (χ3n) is 3.69. The van der Waals surface area contributed by atoms with Crippen molar-refractivity contribution in [3.8, 4) is 5.75 Å². The van der Waals surface area contributed by atoms with Crippen molar-refractivity contribution in [2.24, 2.45) is 5.73 Å². The lowest BCUT2D eigenvalue weighted by molar-refractivity contribution is -0.121. The monoisotopic (exact) mass is 377 g/mol. The molecule has 2 aromatic rings. The molecule has 0 aliphatic heterocycles. The minimum Gasteiger partial charge on any atom is -0.497 e. The predicted molar refractivity (Wildman–Crippen MR) is 98.9 cm³/mol. The fraction of sp³-hybridized carbons (Fsp3) is 0.412. The Kier molecular flexibility index (Phi) is 7.02. The summed E-state index contributed by atoms with van der Waals surface area (Å²) in [5.74, 6) is 1.00. The van der Waals surface area contributed by atoms with Crippen LogP contribution in [0.3, 0.4) is 0 Å². The molecule has 9 heteroatoms. The number of carbonyl (C=O) groups is 2. The van der Waals surface area contributed by atoms with Gasteiger partial charge in [-0.15, -0.1) is 10.2 Å². The first-order valence-corrected chi connectivity index (χ1v) is 9.19. The molecule has 0 aliphatic rings. The summed E-state index contributed by atoms with van der Waals surface area (Å²) in [6, 6.07) is 7.05. The van der Waals surface area contributed by atoms with Gasteiger partial charge >= 0.3 is 0 Å². The second kappa shape index (κ2) is 9.23. The molecule has 140 valence electrons. The number of rotatable bonds is 9. The van der Waals surface area contributed by atoms with Gasteiger partial charge < -0.3 is 20.4 Å². The molecule has 0 radical (unpaired) electrons. The lowest BCUT2D eigenvalue weighted by atomic mass is 10.1. The number of thioether (sulfide) groups is 1. The Balaban J connectivity index is 2.00. The molecule has 0 spiro atoms. The molecule has 26 heavy (non-hydrogen) atoms. The van der Waals surface area contributed by atoms with Gasteiger partial charge in [0.1, 0.15) is 5.75 Å². The zero-order chi connectivity index (χ0) is 19.1. The lowest BCUT2D eigenvalue weighted by Gasteiger charge is -2.15. The highest BCUT2D eigenvalue weighted by atomic mass is 32.2. The summed E-state index contributed by atoms with van der Waals surface area (Å²) in [5, 5.41) is 11.8. The van der Waals surface area contributed by atoms with Crippen LogP contribution in [0.1, 0.15) is 31.3 Å². The number of primary amides is 1. The zero-order valence-corrected chi connectivity index (χ0v) is 15.9. The second-order valence-corrected chi connectivity index (χ2v) is 6.60. The summed E-state index contributed by atoms with van der Waals surface area (Å²) in [7, 11) is 1.60. The van der Waals surface area contributed by atoms with Gasteiger partial charge in [0.25, 0.3) is 0 Å². The highest BCUT2D eigenvalue weighted by molar-refractivity contribution is 7.99. The van der Waals surface area contributed by atoms with Gasteiger partial charge in [0.05, 0.1) is 25.3 Å². The number of aromatic nitrogens is 3. The second-order valence-electron chi connectivity index (χ2n) is 5.65. The highest BCUT2D eigenvalue weighted by Gasteiger charge is 2.19. The molecule has 8 nitrogen and oxygen atoms in total. The summed E-state index contributed by atoms with van der Waals surface area (Å²) in [6.45, 7) is 4.43. The van der Waals surface area contributed by atoms with E-state index in [4.69, 9.17) is 10.5 Å².